The molecule has 2 N–H and O–H groups in total. The van der Waals surface area contributed by atoms with Gasteiger partial charge in [-0.15, -0.1) is 10.2 Å². The molecule has 0 aromatic carbocycles. The Morgan fingerprint density at radius 3 is 2.55 bits per heavy atom. The normalized spacial score (nSPS) is 23.3. The number of nitrogens with zero attached hydrogens (tertiary/aromatic N) is 4. The van der Waals surface area contributed by atoms with Crippen molar-refractivity contribution in [2.45, 2.75) is 69.2 Å². The zero-order valence-electron chi connectivity index (χ0n) is 16.5. The van der Waals surface area contributed by atoms with Gasteiger partial charge in [0, 0.05) is 38.7 Å². The Hall–Kier alpha value is -2.52. The standard InChI is InChI=1S/C16H20F2N6O2.C3H6/c1-24-8-11(20-9-2-5-16(17,18)6-3-9)12(23-24)15-22-21-14(26-15)10-4-7-19-13(10)25;1-2-3-1/h8-10,20H,2-7H2,1H3,(H,19,25);1-3H2. The molecule has 10 heteroatoms. The number of anilines is 1. The van der Waals surface area contributed by atoms with E-state index in [0.717, 1.165) is 0 Å². The van der Waals surface area contributed by atoms with E-state index in [1.54, 1.807) is 17.9 Å². The number of alkyl halides is 2. The molecule has 2 aromatic heterocycles. The molecule has 2 aromatic rings. The van der Waals surface area contributed by atoms with Gasteiger partial charge >= 0.3 is 0 Å². The fraction of sp³-hybridized carbons (Fsp3) is 0.684. The quantitative estimate of drug-likeness (QED) is 0.806. The van der Waals surface area contributed by atoms with Crippen LogP contribution >= 0.6 is 0 Å². The van der Waals surface area contributed by atoms with Gasteiger partial charge in [-0.05, 0) is 19.3 Å². The number of hydrogen-bond donors (Lipinski definition) is 2. The van der Waals surface area contributed by atoms with Crippen LogP contribution in [0.5, 0.6) is 0 Å². The monoisotopic (exact) mass is 408 g/mol. The van der Waals surface area contributed by atoms with Crippen LogP contribution in [0.2, 0.25) is 0 Å². The van der Waals surface area contributed by atoms with Crippen molar-refractivity contribution in [3.63, 3.8) is 0 Å². The minimum Gasteiger partial charge on any atom is -0.418 e. The first-order chi connectivity index (χ1) is 13.9. The van der Waals surface area contributed by atoms with Crippen LogP contribution in [-0.4, -0.2) is 44.4 Å². The van der Waals surface area contributed by atoms with Gasteiger partial charge in [0.1, 0.15) is 5.92 Å². The average Bonchev–Trinajstić information content (AvgIpc) is 3.25. The Morgan fingerprint density at radius 2 is 1.93 bits per heavy atom. The predicted octanol–water partition coefficient (Wildman–Crippen LogP) is 3.23. The summed E-state index contributed by atoms with van der Waals surface area (Å²) < 4.78 is 34.0. The van der Waals surface area contributed by atoms with Gasteiger partial charge in [-0.3, -0.25) is 9.48 Å². The second-order valence-corrected chi connectivity index (χ2v) is 7.98. The number of halogens is 2. The van der Waals surface area contributed by atoms with Crippen molar-refractivity contribution in [1.29, 1.82) is 0 Å². The SMILES string of the molecule is C1CC1.Cn1cc(NC2CCC(F)(F)CC2)c(-c2nnc(C3CCNC3=O)o2)n1. The molecule has 1 saturated heterocycles. The number of amides is 1. The molecule has 158 valence electrons. The maximum Gasteiger partial charge on any atom is 0.270 e. The number of nitrogens with one attached hydrogen (secondary N) is 2. The van der Waals surface area contributed by atoms with Crippen LogP contribution in [0.1, 0.15) is 63.2 Å². The van der Waals surface area contributed by atoms with Crippen molar-refractivity contribution in [2.75, 3.05) is 11.9 Å². The summed E-state index contributed by atoms with van der Waals surface area (Å²) in [7, 11) is 1.76. The fourth-order valence-electron chi connectivity index (χ4n) is 3.46. The van der Waals surface area contributed by atoms with Crippen molar-refractivity contribution in [3.05, 3.63) is 12.1 Å². The Balaban J connectivity index is 0.000000626. The first-order valence-electron chi connectivity index (χ1n) is 10.2. The lowest BCUT2D eigenvalue weighted by atomic mass is 9.92. The first-order valence-corrected chi connectivity index (χ1v) is 10.2. The first kappa shape index (κ1) is 19.8. The summed E-state index contributed by atoms with van der Waals surface area (Å²) in [5, 5.41) is 18.4. The van der Waals surface area contributed by atoms with E-state index >= 15 is 0 Å². The summed E-state index contributed by atoms with van der Waals surface area (Å²) in [6.45, 7) is 0.587. The largest absolute Gasteiger partial charge is 0.418 e. The van der Waals surface area contributed by atoms with Gasteiger partial charge in [0.05, 0.1) is 5.69 Å². The molecular weight excluding hydrogens is 382 g/mol. The lowest BCUT2D eigenvalue weighted by molar-refractivity contribution is -0.120. The van der Waals surface area contributed by atoms with Crippen LogP contribution in [0, 0.1) is 0 Å². The molecule has 0 bridgehead atoms. The van der Waals surface area contributed by atoms with Crippen LogP contribution in [0.25, 0.3) is 11.6 Å². The minimum absolute atomic E-state index is 0.0550. The lowest BCUT2D eigenvalue weighted by Gasteiger charge is -2.29. The van der Waals surface area contributed by atoms with Crippen molar-refractivity contribution in [3.8, 4) is 11.6 Å². The topological polar surface area (TPSA) is 97.9 Å². The van der Waals surface area contributed by atoms with Gasteiger partial charge in [0.25, 0.3) is 5.89 Å². The van der Waals surface area contributed by atoms with Crippen LogP contribution < -0.4 is 10.6 Å². The molecule has 29 heavy (non-hydrogen) atoms. The van der Waals surface area contributed by atoms with Gasteiger partial charge in [-0.1, -0.05) is 19.3 Å². The highest BCUT2D eigenvalue weighted by Crippen LogP contribution is 2.36. The van der Waals surface area contributed by atoms with E-state index in [1.807, 2.05) is 0 Å². The molecule has 3 fully saturated rings. The van der Waals surface area contributed by atoms with Crippen molar-refractivity contribution < 1.29 is 18.0 Å². The van der Waals surface area contributed by atoms with Crippen molar-refractivity contribution >= 4 is 11.6 Å². The van der Waals surface area contributed by atoms with E-state index in [1.165, 1.54) is 19.3 Å². The maximum absolute atomic E-state index is 13.3. The summed E-state index contributed by atoms with van der Waals surface area (Å²) >= 11 is 0. The summed E-state index contributed by atoms with van der Waals surface area (Å²) in [5.41, 5.74) is 1.12. The number of aromatic nitrogens is 4. The Bertz CT molecular complexity index is 850. The molecule has 8 nitrogen and oxygen atoms in total. The lowest BCUT2D eigenvalue weighted by Crippen LogP contribution is -2.32. The molecule has 5 rings (SSSR count). The van der Waals surface area contributed by atoms with Gasteiger partial charge in [0.2, 0.25) is 17.7 Å². The second-order valence-electron chi connectivity index (χ2n) is 7.98. The van der Waals surface area contributed by atoms with E-state index in [0.29, 0.717) is 37.2 Å². The van der Waals surface area contributed by atoms with E-state index in [9.17, 15) is 13.6 Å². The number of carbonyl (C=O) groups is 1. The molecule has 1 aliphatic heterocycles. The zero-order chi connectivity index (χ0) is 20.4. The van der Waals surface area contributed by atoms with Crippen LogP contribution in [-0.2, 0) is 11.8 Å². The second kappa shape index (κ2) is 8.08. The predicted molar refractivity (Wildman–Crippen MR) is 102 cm³/mol. The molecule has 2 aliphatic carbocycles. The Kier molecular flexibility index (Phi) is 5.51. The molecule has 3 aliphatic rings. The number of rotatable bonds is 4. The smallest absolute Gasteiger partial charge is 0.270 e. The van der Waals surface area contributed by atoms with E-state index in [4.69, 9.17) is 4.42 Å². The Labute approximate surface area is 167 Å². The number of carbonyl (C=O) groups excluding carboxylic acids is 1. The molecule has 0 radical (unpaired) electrons. The molecule has 1 unspecified atom stereocenters. The zero-order valence-corrected chi connectivity index (χ0v) is 16.5. The molecule has 1 amide bonds. The van der Waals surface area contributed by atoms with E-state index in [-0.39, 0.29) is 36.6 Å². The highest BCUT2D eigenvalue weighted by atomic mass is 19.3. The fourth-order valence-corrected chi connectivity index (χ4v) is 3.46. The van der Waals surface area contributed by atoms with Crippen molar-refractivity contribution in [1.82, 2.24) is 25.3 Å². The highest BCUT2D eigenvalue weighted by molar-refractivity contribution is 5.84. The summed E-state index contributed by atoms with van der Waals surface area (Å²) in [4.78, 5) is 11.8. The van der Waals surface area contributed by atoms with E-state index in [2.05, 4.69) is 25.9 Å². The third-order valence-electron chi connectivity index (χ3n) is 5.25. The van der Waals surface area contributed by atoms with Crippen LogP contribution in [0.4, 0.5) is 14.5 Å². The highest BCUT2D eigenvalue weighted by Gasteiger charge is 2.36. The summed E-state index contributed by atoms with van der Waals surface area (Å²) in [5.74, 6) is -2.65. The Morgan fingerprint density at radius 1 is 1.21 bits per heavy atom. The average molecular weight is 408 g/mol. The van der Waals surface area contributed by atoms with Crippen LogP contribution in [0.15, 0.2) is 10.6 Å². The summed E-state index contributed by atoms with van der Waals surface area (Å²) in [6.07, 6.45) is 7.40. The van der Waals surface area contributed by atoms with Gasteiger partial charge < -0.3 is 15.1 Å². The van der Waals surface area contributed by atoms with Crippen LogP contribution in [0.3, 0.4) is 0 Å². The maximum atomic E-state index is 13.3. The molecule has 1 atom stereocenters. The molecule has 3 heterocycles. The van der Waals surface area contributed by atoms with Gasteiger partial charge in [0.15, 0.2) is 5.69 Å². The van der Waals surface area contributed by atoms with Gasteiger partial charge in [-0.2, -0.15) is 5.10 Å². The third-order valence-corrected chi connectivity index (χ3v) is 5.25. The van der Waals surface area contributed by atoms with E-state index < -0.39 is 11.8 Å². The molecular formula is C19H26F2N6O2. The molecule has 0 spiro atoms. The summed E-state index contributed by atoms with van der Waals surface area (Å²) in [6, 6.07) is -0.0550. The number of aryl methyl sites for hydroxylation is 1. The third kappa shape index (κ3) is 4.91. The van der Waals surface area contributed by atoms with Gasteiger partial charge in [-0.25, -0.2) is 8.78 Å². The van der Waals surface area contributed by atoms with Crippen molar-refractivity contribution in [2.24, 2.45) is 7.05 Å². The number of hydrogen-bond acceptors (Lipinski definition) is 6. The minimum atomic E-state index is -2.57. The molecule has 2 saturated carbocycles.